The van der Waals surface area contributed by atoms with E-state index in [9.17, 15) is 18.3 Å². The second-order valence-corrected chi connectivity index (χ2v) is 8.05. The summed E-state index contributed by atoms with van der Waals surface area (Å²) in [7, 11) is -3.93. The van der Waals surface area contributed by atoms with Gasteiger partial charge < -0.3 is 5.11 Å². The maximum absolute atomic E-state index is 12.6. The molecular formula is C21H20N2O4S. The van der Waals surface area contributed by atoms with Gasteiger partial charge in [-0.15, -0.1) is 0 Å². The number of hydrogen-bond donors (Lipinski definition) is 2. The Hall–Kier alpha value is -3.19. The van der Waals surface area contributed by atoms with Crippen molar-refractivity contribution < 1.29 is 18.3 Å². The van der Waals surface area contributed by atoms with E-state index in [1.807, 2.05) is 24.3 Å². The Morgan fingerprint density at radius 2 is 1.79 bits per heavy atom. The van der Waals surface area contributed by atoms with Crippen molar-refractivity contribution in [2.24, 2.45) is 0 Å². The van der Waals surface area contributed by atoms with E-state index in [0.717, 1.165) is 23.7 Å². The summed E-state index contributed by atoms with van der Waals surface area (Å²) in [6.07, 6.45) is 2.39. The Labute approximate surface area is 163 Å². The normalized spacial score (nSPS) is 11.2. The van der Waals surface area contributed by atoms with E-state index >= 15 is 0 Å². The second kappa shape index (κ2) is 7.82. The van der Waals surface area contributed by atoms with Crippen LogP contribution in [0, 0.1) is 6.92 Å². The fraction of sp³-hybridized carbons (Fsp3) is 0.143. The Morgan fingerprint density at radius 1 is 1.07 bits per heavy atom. The lowest BCUT2D eigenvalue weighted by atomic mass is 10.1. The number of hydrogen-bond acceptors (Lipinski definition) is 4. The molecule has 3 aromatic rings. The van der Waals surface area contributed by atoms with E-state index < -0.39 is 16.0 Å². The van der Waals surface area contributed by atoms with Crippen LogP contribution < -0.4 is 4.72 Å². The van der Waals surface area contributed by atoms with Gasteiger partial charge in [0.05, 0.1) is 28.0 Å². The molecule has 6 nitrogen and oxygen atoms in total. The van der Waals surface area contributed by atoms with Crippen LogP contribution in [0.3, 0.4) is 0 Å². The largest absolute Gasteiger partial charge is 0.478 e. The minimum atomic E-state index is -3.93. The van der Waals surface area contributed by atoms with Crippen LogP contribution in [0.1, 0.15) is 28.4 Å². The zero-order chi connectivity index (χ0) is 20.3. The molecule has 0 amide bonds. The Bertz CT molecular complexity index is 1110. The topological polar surface area (TPSA) is 96.4 Å². The number of carbonyl (C=O) groups is 1. The SMILES string of the molecule is CCc1ccc(-c2ccc(NS(=O)(=O)c3ccc(C)c(C(=O)O)c3)cn2)cc1. The molecule has 0 unspecified atom stereocenters. The third-order valence-electron chi connectivity index (χ3n) is 4.42. The van der Waals surface area contributed by atoms with E-state index in [0.29, 0.717) is 11.3 Å². The maximum atomic E-state index is 12.6. The number of nitrogens with zero attached hydrogens (tertiary/aromatic N) is 1. The Kier molecular flexibility index (Phi) is 5.46. The van der Waals surface area contributed by atoms with Crippen LogP contribution >= 0.6 is 0 Å². The molecule has 0 aliphatic rings. The van der Waals surface area contributed by atoms with Crippen LogP contribution in [-0.4, -0.2) is 24.5 Å². The molecule has 1 aromatic heterocycles. The van der Waals surface area contributed by atoms with Gasteiger partial charge in [-0.25, -0.2) is 13.2 Å². The average molecular weight is 396 g/mol. The molecule has 7 heteroatoms. The maximum Gasteiger partial charge on any atom is 0.335 e. The fourth-order valence-corrected chi connectivity index (χ4v) is 3.82. The molecule has 0 fully saturated rings. The number of pyridine rings is 1. The van der Waals surface area contributed by atoms with Crippen molar-refractivity contribution in [3.05, 3.63) is 77.5 Å². The van der Waals surface area contributed by atoms with Crippen molar-refractivity contribution in [1.82, 2.24) is 4.98 Å². The minimum Gasteiger partial charge on any atom is -0.478 e. The van der Waals surface area contributed by atoms with Crippen LogP contribution in [0.4, 0.5) is 5.69 Å². The molecule has 2 N–H and O–H groups in total. The third-order valence-corrected chi connectivity index (χ3v) is 5.80. The molecule has 0 saturated carbocycles. The highest BCUT2D eigenvalue weighted by Crippen LogP contribution is 2.22. The zero-order valence-electron chi connectivity index (χ0n) is 15.5. The predicted octanol–water partition coefficient (Wildman–Crippen LogP) is 4.12. The summed E-state index contributed by atoms with van der Waals surface area (Å²) in [6.45, 7) is 3.70. The number of anilines is 1. The average Bonchev–Trinajstić information content (AvgIpc) is 2.68. The van der Waals surface area contributed by atoms with Crippen LogP contribution in [0.2, 0.25) is 0 Å². The van der Waals surface area contributed by atoms with Gasteiger partial charge in [-0.3, -0.25) is 9.71 Å². The molecule has 0 bridgehead atoms. The molecule has 28 heavy (non-hydrogen) atoms. The van der Waals surface area contributed by atoms with Crippen molar-refractivity contribution >= 4 is 21.7 Å². The molecule has 0 saturated heterocycles. The summed E-state index contributed by atoms with van der Waals surface area (Å²) in [5, 5.41) is 9.19. The predicted molar refractivity (Wildman–Crippen MR) is 108 cm³/mol. The standard InChI is InChI=1S/C21H20N2O4S/c1-3-15-5-7-16(8-6-15)20-11-9-17(13-22-20)23-28(26,27)18-10-4-14(2)19(12-18)21(24)25/h4-13,23H,3H2,1-2H3,(H,24,25). The van der Waals surface area contributed by atoms with Gasteiger partial charge in [0, 0.05) is 5.56 Å². The van der Waals surface area contributed by atoms with Crippen LogP contribution in [-0.2, 0) is 16.4 Å². The molecule has 0 atom stereocenters. The van der Waals surface area contributed by atoms with Gasteiger partial charge in [0.25, 0.3) is 10.0 Å². The highest BCUT2D eigenvalue weighted by Gasteiger charge is 2.18. The van der Waals surface area contributed by atoms with Gasteiger partial charge >= 0.3 is 5.97 Å². The summed E-state index contributed by atoms with van der Waals surface area (Å²) >= 11 is 0. The van der Waals surface area contributed by atoms with E-state index in [-0.39, 0.29) is 10.5 Å². The van der Waals surface area contributed by atoms with Gasteiger partial charge in [-0.05, 0) is 48.7 Å². The van der Waals surface area contributed by atoms with Crippen molar-refractivity contribution in [1.29, 1.82) is 0 Å². The third kappa shape index (κ3) is 4.20. The minimum absolute atomic E-state index is 0.0492. The number of carboxylic acids is 1. The van der Waals surface area contributed by atoms with Crippen molar-refractivity contribution in [3.8, 4) is 11.3 Å². The second-order valence-electron chi connectivity index (χ2n) is 6.37. The quantitative estimate of drug-likeness (QED) is 0.653. The number of rotatable bonds is 6. The molecule has 144 valence electrons. The molecule has 3 rings (SSSR count). The smallest absolute Gasteiger partial charge is 0.335 e. The first-order valence-electron chi connectivity index (χ1n) is 8.72. The summed E-state index contributed by atoms with van der Waals surface area (Å²) in [5.74, 6) is -1.17. The molecular weight excluding hydrogens is 376 g/mol. The van der Waals surface area contributed by atoms with Gasteiger partial charge in [-0.2, -0.15) is 0 Å². The molecule has 1 heterocycles. The number of aromatic carboxylic acids is 1. The van der Waals surface area contributed by atoms with Crippen LogP contribution in [0.5, 0.6) is 0 Å². The summed E-state index contributed by atoms with van der Waals surface area (Å²) in [4.78, 5) is 15.5. The lowest BCUT2D eigenvalue weighted by Crippen LogP contribution is -2.14. The molecule has 0 aliphatic carbocycles. The lowest BCUT2D eigenvalue weighted by molar-refractivity contribution is 0.0696. The molecule has 0 spiro atoms. The highest BCUT2D eigenvalue weighted by atomic mass is 32.2. The Morgan fingerprint density at radius 3 is 2.36 bits per heavy atom. The first-order valence-corrected chi connectivity index (χ1v) is 10.2. The first-order chi connectivity index (χ1) is 13.3. The first kappa shape index (κ1) is 19.6. The number of benzene rings is 2. The molecule has 0 aliphatic heterocycles. The van der Waals surface area contributed by atoms with Crippen molar-refractivity contribution in [2.75, 3.05) is 4.72 Å². The number of nitrogens with one attached hydrogen (secondary N) is 1. The summed E-state index contributed by atoms with van der Waals surface area (Å²) < 4.78 is 27.6. The molecule has 2 aromatic carbocycles. The van der Waals surface area contributed by atoms with Crippen LogP contribution in [0.15, 0.2) is 65.7 Å². The fourth-order valence-electron chi connectivity index (χ4n) is 2.75. The summed E-state index contributed by atoms with van der Waals surface area (Å²) in [6, 6.07) is 15.4. The van der Waals surface area contributed by atoms with Gasteiger partial charge in [0.15, 0.2) is 0 Å². The highest BCUT2D eigenvalue weighted by molar-refractivity contribution is 7.92. The zero-order valence-corrected chi connectivity index (χ0v) is 16.3. The van der Waals surface area contributed by atoms with Crippen molar-refractivity contribution in [2.45, 2.75) is 25.2 Å². The monoisotopic (exact) mass is 396 g/mol. The summed E-state index contributed by atoms with van der Waals surface area (Å²) in [5.41, 5.74) is 3.64. The van der Waals surface area contributed by atoms with Gasteiger partial charge in [-0.1, -0.05) is 37.3 Å². The number of aromatic nitrogens is 1. The number of sulfonamides is 1. The van der Waals surface area contributed by atoms with Crippen molar-refractivity contribution in [3.63, 3.8) is 0 Å². The number of aryl methyl sites for hydroxylation is 2. The van der Waals surface area contributed by atoms with E-state index in [4.69, 9.17) is 0 Å². The van der Waals surface area contributed by atoms with E-state index in [1.54, 1.807) is 19.1 Å². The lowest BCUT2D eigenvalue weighted by Gasteiger charge is -2.10. The van der Waals surface area contributed by atoms with E-state index in [2.05, 4.69) is 16.6 Å². The Balaban J connectivity index is 1.83. The van der Waals surface area contributed by atoms with Gasteiger partial charge in [0.1, 0.15) is 0 Å². The van der Waals surface area contributed by atoms with Gasteiger partial charge in [0.2, 0.25) is 0 Å². The molecule has 0 radical (unpaired) electrons. The van der Waals surface area contributed by atoms with E-state index in [1.165, 1.54) is 23.9 Å². The number of carboxylic acid groups (broad SMARTS) is 1. The van der Waals surface area contributed by atoms with Crippen LogP contribution in [0.25, 0.3) is 11.3 Å².